The molecule has 20 heavy (non-hydrogen) atoms. The van der Waals surface area contributed by atoms with Gasteiger partial charge in [0.2, 0.25) is 0 Å². The number of hydrogen-bond donors (Lipinski definition) is 1. The van der Waals surface area contributed by atoms with Crippen LogP contribution in [0.2, 0.25) is 5.02 Å². The molecule has 0 radical (unpaired) electrons. The Balaban J connectivity index is 2.33. The van der Waals surface area contributed by atoms with Crippen molar-refractivity contribution in [3.63, 3.8) is 0 Å². The maximum Gasteiger partial charge on any atom is 0.275 e. The molecule has 0 unspecified atom stereocenters. The van der Waals surface area contributed by atoms with Gasteiger partial charge in [0, 0.05) is 29.8 Å². The van der Waals surface area contributed by atoms with Gasteiger partial charge in [0.05, 0.1) is 11.4 Å². The van der Waals surface area contributed by atoms with Crippen LogP contribution in [0.15, 0.2) is 41.0 Å². The van der Waals surface area contributed by atoms with Gasteiger partial charge in [-0.05, 0) is 46.3 Å². The molecule has 6 heteroatoms. The molecule has 2 aromatic rings. The minimum Gasteiger partial charge on any atom is -0.376 e. The molecule has 1 aromatic carbocycles. The molecule has 2 rings (SSSR count). The Bertz CT molecular complexity index is 646. The molecule has 0 saturated carbocycles. The van der Waals surface area contributed by atoms with Gasteiger partial charge in [0.1, 0.15) is 5.69 Å². The zero-order valence-corrected chi connectivity index (χ0v) is 13.4. The molecule has 0 saturated heterocycles. The first kappa shape index (κ1) is 14.8. The van der Waals surface area contributed by atoms with Gasteiger partial charge in [0.15, 0.2) is 0 Å². The summed E-state index contributed by atoms with van der Waals surface area (Å²) in [7, 11) is 3.80. The van der Waals surface area contributed by atoms with E-state index in [1.165, 1.54) is 0 Å². The van der Waals surface area contributed by atoms with Gasteiger partial charge in [-0.3, -0.25) is 4.79 Å². The summed E-state index contributed by atoms with van der Waals surface area (Å²) in [6.07, 6.45) is 1.57. The molecule has 4 nitrogen and oxygen atoms in total. The van der Waals surface area contributed by atoms with Gasteiger partial charge >= 0.3 is 0 Å². The summed E-state index contributed by atoms with van der Waals surface area (Å²) in [6, 6.07) is 8.87. The predicted octanol–water partition coefficient (Wildman–Crippen LogP) is 3.82. The maximum atomic E-state index is 12.3. The molecule has 0 bridgehead atoms. The van der Waals surface area contributed by atoms with Gasteiger partial charge in [0.25, 0.3) is 5.91 Å². The van der Waals surface area contributed by atoms with Crippen LogP contribution < -0.4 is 10.2 Å². The van der Waals surface area contributed by atoms with E-state index in [4.69, 9.17) is 11.6 Å². The van der Waals surface area contributed by atoms with E-state index in [-0.39, 0.29) is 5.91 Å². The van der Waals surface area contributed by atoms with E-state index in [1.807, 2.05) is 25.1 Å². The molecule has 0 fully saturated rings. The summed E-state index contributed by atoms with van der Waals surface area (Å²) in [5.41, 5.74) is 1.84. The van der Waals surface area contributed by atoms with Crippen LogP contribution >= 0.6 is 27.5 Å². The van der Waals surface area contributed by atoms with E-state index in [0.29, 0.717) is 20.9 Å². The van der Waals surface area contributed by atoms with Crippen molar-refractivity contribution in [2.45, 2.75) is 0 Å². The average Bonchev–Trinajstić information content (AvgIpc) is 2.38. The highest BCUT2D eigenvalue weighted by atomic mass is 79.9. The van der Waals surface area contributed by atoms with Gasteiger partial charge in [-0.25, -0.2) is 4.98 Å². The number of halogens is 2. The number of nitrogens with one attached hydrogen (secondary N) is 1. The topological polar surface area (TPSA) is 45.2 Å². The van der Waals surface area contributed by atoms with Crippen molar-refractivity contribution in [1.29, 1.82) is 0 Å². The second-order valence-electron chi connectivity index (χ2n) is 4.34. The van der Waals surface area contributed by atoms with Crippen molar-refractivity contribution in [3.8, 4) is 0 Å². The first-order valence-electron chi connectivity index (χ1n) is 5.88. The lowest BCUT2D eigenvalue weighted by molar-refractivity contribution is 0.102. The number of nitrogens with zero attached hydrogens (tertiary/aromatic N) is 2. The van der Waals surface area contributed by atoms with Crippen molar-refractivity contribution in [2.24, 2.45) is 0 Å². The van der Waals surface area contributed by atoms with Crippen molar-refractivity contribution >= 4 is 44.8 Å². The van der Waals surface area contributed by atoms with E-state index in [2.05, 4.69) is 26.2 Å². The first-order chi connectivity index (χ1) is 9.49. The molecule has 0 aliphatic carbocycles. The zero-order valence-electron chi connectivity index (χ0n) is 11.0. The molecule has 1 N–H and O–H groups in total. The van der Waals surface area contributed by atoms with Crippen LogP contribution in [0.25, 0.3) is 0 Å². The Labute approximate surface area is 130 Å². The zero-order chi connectivity index (χ0) is 14.7. The molecule has 0 aliphatic rings. The van der Waals surface area contributed by atoms with E-state index in [1.54, 1.807) is 30.5 Å². The maximum absolute atomic E-state index is 12.3. The Kier molecular flexibility index (Phi) is 4.62. The fraction of sp³-hybridized carbons (Fsp3) is 0.143. The van der Waals surface area contributed by atoms with Crippen LogP contribution in [-0.2, 0) is 0 Å². The monoisotopic (exact) mass is 353 g/mol. The highest BCUT2D eigenvalue weighted by molar-refractivity contribution is 9.10. The van der Waals surface area contributed by atoms with Crippen LogP contribution in [0, 0.1) is 0 Å². The second-order valence-corrected chi connectivity index (χ2v) is 5.63. The summed E-state index contributed by atoms with van der Waals surface area (Å²) in [6.45, 7) is 0. The first-order valence-corrected chi connectivity index (χ1v) is 7.05. The molecular formula is C14H13BrClN3O. The number of pyridine rings is 1. The number of rotatable bonds is 3. The SMILES string of the molecule is CN(C)c1ccc(Cl)cc1NC(=O)c1ncccc1Br. The van der Waals surface area contributed by atoms with Crippen molar-refractivity contribution in [3.05, 3.63) is 51.7 Å². The van der Waals surface area contributed by atoms with E-state index >= 15 is 0 Å². The number of carbonyl (C=O) groups is 1. The highest BCUT2D eigenvalue weighted by Crippen LogP contribution is 2.28. The Hall–Kier alpha value is -1.59. The molecular weight excluding hydrogens is 342 g/mol. The van der Waals surface area contributed by atoms with Crippen LogP contribution in [0.5, 0.6) is 0 Å². The molecule has 104 valence electrons. The predicted molar refractivity (Wildman–Crippen MR) is 85.7 cm³/mol. The van der Waals surface area contributed by atoms with Crippen molar-refractivity contribution in [2.75, 3.05) is 24.3 Å². The number of aromatic nitrogens is 1. The van der Waals surface area contributed by atoms with E-state index in [0.717, 1.165) is 5.69 Å². The molecule has 1 aromatic heterocycles. The normalized spacial score (nSPS) is 10.2. The van der Waals surface area contributed by atoms with Crippen molar-refractivity contribution in [1.82, 2.24) is 4.98 Å². The smallest absolute Gasteiger partial charge is 0.275 e. The summed E-state index contributed by atoms with van der Waals surface area (Å²) in [4.78, 5) is 18.2. The number of benzene rings is 1. The minimum absolute atomic E-state index is 0.289. The Morgan fingerprint density at radius 3 is 2.75 bits per heavy atom. The van der Waals surface area contributed by atoms with Gasteiger partial charge in [-0.1, -0.05) is 11.6 Å². The summed E-state index contributed by atoms with van der Waals surface area (Å²) >= 11 is 9.30. The Morgan fingerprint density at radius 2 is 2.10 bits per heavy atom. The lowest BCUT2D eigenvalue weighted by Crippen LogP contribution is -2.18. The summed E-state index contributed by atoms with van der Waals surface area (Å²) in [5, 5.41) is 3.39. The molecule has 0 spiro atoms. The highest BCUT2D eigenvalue weighted by Gasteiger charge is 2.14. The third kappa shape index (κ3) is 3.29. The molecule has 0 atom stereocenters. The number of hydrogen-bond acceptors (Lipinski definition) is 3. The number of amides is 1. The third-order valence-electron chi connectivity index (χ3n) is 2.66. The van der Waals surface area contributed by atoms with Crippen LogP contribution in [0.1, 0.15) is 10.5 Å². The second kappa shape index (κ2) is 6.24. The minimum atomic E-state index is -0.289. The number of carbonyl (C=O) groups excluding carboxylic acids is 1. The number of anilines is 2. The van der Waals surface area contributed by atoms with Crippen LogP contribution in [0.3, 0.4) is 0 Å². The summed E-state index contributed by atoms with van der Waals surface area (Å²) in [5.74, 6) is -0.289. The molecule has 1 amide bonds. The average molecular weight is 355 g/mol. The van der Waals surface area contributed by atoms with Crippen molar-refractivity contribution < 1.29 is 4.79 Å². The summed E-state index contributed by atoms with van der Waals surface area (Å²) < 4.78 is 0.644. The Morgan fingerprint density at radius 1 is 1.35 bits per heavy atom. The molecule has 0 aliphatic heterocycles. The molecule has 1 heterocycles. The fourth-order valence-corrected chi connectivity index (χ4v) is 2.34. The van der Waals surface area contributed by atoms with Crippen LogP contribution in [0.4, 0.5) is 11.4 Å². The van der Waals surface area contributed by atoms with E-state index < -0.39 is 0 Å². The van der Waals surface area contributed by atoms with E-state index in [9.17, 15) is 4.79 Å². The lowest BCUT2D eigenvalue weighted by Gasteiger charge is -2.18. The standard InChI is InChI=1S/C14H13BrClN3O/c1-19(2)12-6-5-9(16)8-11(12)18-14(20)13-10(15)4-3-7-17-13/h3-8H,1-2H3,(H,18,20). The quantitative estimate of drug-likeness (QED) is 0.911. The van der Waals surface area contributed by atoms with Gasteiger partial charge in [-0.15, -0.1) is 0 Å². The third-order valence-corrected chi connectivity index (χ3v) is 3.54. The largest absolute Gasteiger partial charge is 0.376 e. The van der Waals surface area contributed by atoms with Gasteiger partial charge in [-0.2, -0.15) is 0 Å². The fourth-order valence-electron chi connectivity index (χ4n) is 1.73. The van der Waals surface area contributed by atoms with Crippen LogP contribution in [-0.4, -0.2) is 25.0 Å². The lowest BCUT2D eigenvalue weighted by atomic mass is 10.2. The van der Waals surface area contributed by atoms with Gasteiger partial charge < -0.3 is 10.2 Å².